The maximum absolute atomic E-state index is 11.1. The van der Waals surface area contributed by atoms with E-state index in [1.807, 2.05) is 65.8 Å². The second-order valence-electron chi connectivity index (χ2n) is 11.4. The Kier molecular flexibility index (Phi) is 17.0. The average molecular weight is 679 g/mol. The molecule has 0 aliphatic carbocycles. The van der Waals surface area contributed by atoms with E-state index in [4.69, 9.17) is 0 Å². The number of aryl methyl sites for hydroxylation is 8. The second kappa shape index (κ2) is 19.2. The van der Waals surface area contributed by atoms with Crippen LogP contribution in [0, 0.1) is 55.4 Å². The van der Waals surface area contributed by atoms with Crippen molar-refractivity contribution in [2.45, 2.75) is 68.5 Å². The summed E-state index contributed by atoms with van der Waals surface area (Å²) in [5.74, 6) is 0.344. The van der Waals surface area contributed by atoms with Crippen molar-refractivity contribution in [3.8, 4) is 11.5 Å². The van der Waals surface area contributed by atoms with Crippen LogP contribution in [0.2, 0.25) is 13.1 Å². The number of hydrogen-bond acceptors (Lipinski definition) is 2. The fourth-order valence-corrected chi connectivity index (χ4v) is 4.95. The van der Waals surface area contributed by atoms with Gasteiger partial charge < -0.3 is 10.2 Å². The first-order chi connectivity index (χ1) is 20.4. The predicted octanol–water partition coefficient (Wildman–Crippen LogP) is 9.62. The molecule has 6 rings (SSSR count). The van der Waals surface area contributed by atoms with Crippen molar-refractivity contribution < 1.29 is 36.4 Å². The predicted molar refractivity (Wildman–Crippen MR) is 188 cm³/mol. The van der Waals surface area contributed by atoms with E-state index >= 15 is 0 Å². The minimum atomic E-state index is 0. The van der Waals surface area contributed by atoms with Gasteiger partial charge >= 0.3 is 26.2 Å². The van der Waals surface area contributed by atoms with Gasteiger partial charge in [0.2, 0.25) is 0 Å². The number of hydrogen-bond donors (Lipinski definition) is 0. The minimum absolute atomic E-state index is 0. The van der Waals surface area contributed by atoms with Crippen LogP contribution in [0.5, 0.6) is 11.5 Å². The van der Waals surface area contributed by atoms with Crippen LogP contribution >= 0.6 is 0 Å². The van der Waals surface area contributed by atoms with Crippen LogP contribution in [0.1, 0.15) is 44.5 Å². The SMILES string of the molecule is C[SiH]C.Cc1cc(C)c([O-])c(C)c1.Cc1cc(C)c([O-])c(C)c1.Cc1cc2ccccc2[cH-]1.Cc1cc2ccccc2[cH-]1.[Zr+4]. The summed E-state index contributed by atoms with van der Waals surface area (Å²) in [5, 5.41) is 27.6. The van der Waals surface area contributed by atoms with Gasteiger partial charge in [-0.1, -0.05) is 96.7 Å². The van der Waals surface area contributed by atoms with Crippen molar-refractivity contribution in [2.24, 2.45) is 0 Å². The molecule has 0 bridgehead atoms. The molecule has 0 amide bonds. The van der Waals surface area contributed by atoms with Gasteiger partial charge in [0.1, 0.15) is 0 Å². The zero-order valence-corrected chi connectivity index (χ0v) is 31.7. The molecule has 44 heavy (non-hydrogen) atoms. The summed E-state index contributed by atoms with van der Waals surface area (Å²) in [6, 6.07) is 33.3. The molecule has 1 radical (unpaired) electrons. The molecule has 0 saturated heterocycles. The molecule has 0 N–H and O–H groups in total. The van der Waals surface area contributed by atoms with Crippen molar-refractivity contribution in [1.82, 2.24) is 0 Å². The standard InChI is InChI=1S/2C10H9.2C9H12O.C2H7Si.Zr/c2*1-8-6-9-4-2-3-5-10(9)7-8;2*1-6-4-7(2)9(10)8(3)5-6;1-3-2;/h2*2-7H,1H3;2*4-5,10H,1-3H3;3H,1-2H3;/q2*-1;;;;+4/p-2. The fraction of sp³-hybridized carbons (Fsp3) is 0.250. The van der Waals surface area contributed by atoms with Gasteiger partial charge in [-0.15, -0.1) is 92.7 Å². The largest absolute Gasteiger partial charge is 4.00 e. The smallest absolute Gasteiger partial charge is 0.872 e. The zero-order chi connectivity index (χ0) is 32.1. The van der Waals surface area contributed by atoms with E-state index in [-0.39, 0.29) is 37.7 Å². The van der Waals surface area contributed by atoms with E-state index in [1.165, 1.54) is 32.7 Å². The Morgan fingerprint density at radius 3 is 1.02 bits per heavy atom. The number of rotatable bonds is 0. The first kappa shape index (κ1) is 38.8. The Bertz CT molecular complexity index is 1490. The third-order valence-electron chi connectivity index (χ3n) is 6.73. The Labute approximate surface area is 287 Å². The van der Waals surface area contributed by atoms with Crippen molar-refractivity contribution in [2.75, 3.05) is 0 Å². The Morgan fingerprint density at radius 1 is 0.477 bits per heavy atom. The molecule has 0 aromatic heterocycles. The number of fused-ring (bicyclic) bond motifs is 2. The maximum atomic E-state index is 11.1. The Balaban J connectivity index is 0.000000282. The summed E-state index contributed by atoms with van der Waals surface area (Å²) < 4.78 is 0. The molecule has 227 valence electrons. The first-order valence-corrected chi connectivity index (χ1v) is 17.1. The van der Waals surface area contributed by atoms with E-state index in [2.05, 4.69) is 99.7 Å². The molecule has 0 aliphatic heterocycles. The third kappa shape index (κ3) is 12.4. The van der Waals surface area contributed by atoms with Crippen LogP contribution in [-0.2, 0) is 26.2 Å². The molecular weight excluding hydrogens is 632 g/mol. The Hall–Kier alpha value is -3.20. The molecule has 0 aliphatic rings. The van der Waals surface area contributed by atoms with Crippen LogP contribution in [0.15, 0.2) is 97.1 Å². The van der Waals surface area contributed by atoms with Crippen LogP contribution in [-0.4, -0.2) is 9.52 Å². The summed E-state index contributed by atoms with van der Waals surface area (Å²) in [7, 11) is 0.750. The monoisotopic (exact) mass is 677 g/mol. The van der Waals surface area contributed by atoms with Crippen molar-refractivity contribution >= 4 is 31.1 Å². The van der Waals surface area contributed by atoms with E-state index in [0.29, 0.717) is 0 Å². The fourth-order valence-electron chi connectivity index (χ4n) is 4.95. The molecule has 6 aromatic carbocycles. The molecule has 0 spiro atoms. The van der Waals surface area contributed by atoms with E-state index in [1.54, 1.807) is 0 Å². The van der Waals surface area contributed by atoms with Gasteiger partial charge in [0.05, 0.1) is 0 Å². The third-order valence-corrected chi connectivity index (χ3v) is 6.73. The normalized spacial score (nSPS) is 9.68. The summed E-state index contributed by atoms with van der Waals surface area (Å²) in [4.78, 5) is 0. The molecule has 4 heteroatoms. The quantitative estimate of drug-likeness (QED) is 0.119. The van der Waals surface area contributed by atoms with Gasteiger partial charge in [0.25, 0.3) is 0 Å². The van der Waals surface area contributed by atoms with Gasteiger partial charge in [-0.25, -0.2) is 0 Å². The van der Waals surface area contributed by atoms with Crippen LogP contribution in [0.25, 0.3) is 21.5 Å². The molecule has 0 heterocycles. The van der Waals surface area contributed by atoms with Crippen molar-refractivity contribution in [3.63, 3.8) is 0 Å². The number of benzene rings is 4. The zero-order valence-electron chi connectivity index (χ0n) is 28.1. The van der Waals surface area contributed by atoms with Crippen molar-refractivity contribution in [3.05, 3.63) is 142 Å². The molecule has 0 atom stereocenters. The summed E-state index contributed by atoms with van der Waals surface area (Å²) in [6.45, 7) is 20.1. The molecular formula is C40H47O2SiZr. The van der Waals surface area contributed by atoms with Crippen LogP contribution in [0.4, 0.5) is 0 Å². The summed E-state index contributed by atoms with van der Waals surface area (Å²) in [6.07, 6.45) is 0. The average Bonchev–Trinajstić information content (AvgIpc) is 3.52. The van der Waals surface area contributed by atoms with Crippen LogP contribution in [0.3, 0.4) is 0 Å². The van der Waals surface area contributed by atoms with Gasteiger partial charge in [-0.3, -0.25) is 0 Å². The van der Waals surface area contributed by atoms with Gasteiger partial charge in [-0.05, 0) is 41.5 Å². The second-order valence-corrected chi connectivity index (χ2v) is 12.5. The van der Waals surface area contributed by atoms with Gasteiger partial charge in [0.15, 0.2) is 0 Å². The molecule has 6 aromatic rings. The Morgan fingerprint density at radius 2 is 0.750 bits per heavy atom. The van der Waals surface area contributed by atoms with Gasteiger partial charge in [0, 0.05) is 9.52 Å². The van der Waals surface area contributed by atoms with E-state index in [9.17, 15) is 10.2 Å². The molecule has 2 nitrogen and oxygen atoms in total. The topological polar surface area (TPSA) is 46.1 Å². The van der Waals surface area contributed by atoms with Crippen LogP contribution < -0.4 is 10.2 Å². The summed E-state index contributed by atoms with van der Waals surface area (Å²) in [5.41, 5.74) is 8.40. The van der Waals surface area contributed by atoms with Crippen molar-refractivity contribution in [1.29, 1.82) is 0 Å². The molecule has 0 unspecified atom stereocenters. The maximum Gasteiger partial charge on any atom is 4.00 e. The van der Waals surface area contributed by atoms with Gasteiger partial charge in [-0.2, -0.15) is 12.1 Å². The summed E-state index contributed by atoms with van der Waals surface area (Å²) >= 11 is 0. The minimum Gasteiger partial charge on any atom is -0.872 e. The van der Waals surface area contributed by atoms with E-state index < -0.39 is 0 Å². The molecule has 0 saturated carbocycles. The first-order valence-electron chi connectivity index (χ1n) is 14.8. The molecule has 0 fully saturated rings. The van der Waals surface area contributed by atoms with E-state index in [0.717, 1.165) is 42.9 Å².